The molecule has 8 heteroatoms. The van der Waals surface area contributed by atoms with Crippen LogP contribution in [-0.4, -0.2) is 47.7 Å². The van der Waals surface area contributed by atoms with E-state index in [1.54, 1.807) is 18.6 Å². The van der Waals surface area contributed by atoms with Gasteiger partial charge in [0.2, 0.25) is 0 Å². The number of aromatic amines is 1. The first-order valence-electron chi connectivity index (χ1n) is 9.27. The minimum absolute atomic E-state index is 0.0718. The molecular formula is C19H23N7O. The van der Waals surface area contributed by atoms with Crippen LogP contribution in [0.25, 0.3) is 11.5 Å². The summed E-state index contributed by atoms with van der Waals surface area (Å²) < 4.78 is 2.02. The molecule has 0 aliphatic carbocycles. The number of fused-ring (bicyclic) bond motifs is 1. The Labute approximate surface area is 157 Å². The van der Waals surface area contributed by atoms with Gasteiger partial charge in [-0.15, -0.1) is 0 Å². The predicted molar refractivity (Wildman–Crippen MR) is 101 cm³/mol. The van der Waals surface area contributed by atoms with E-state index < -0.39 is 0 Å². The van der Waals surface area contributed by atoms with E-state index in [2.05, 4.69) is 43.8 Å². The third kappa shape index (κ3) is 3.52. The summed E-state index contributed by atoms with van der Waals surface area (Å²) in [4.78, 5) is 30.8. The van der Waals surface area contributed by atoms with Crippen LogP contribution in [0.3, 0.4) is 0 Å². The van der Waals surface area contributed by atoms with E-state index in [0.29, 0.717) is 17.9 Å². The molecule has 0 atom stereocenters. The average molecular weight is 365 g/mol. The molecule has 1 N–H and O–H groups in total. The van der Waals surface area contributed by atoms with Gasteiger partial charge in [0.25, 0.3) is 5.56 Å². The van der Waals surface area contributed by atoms with E-state index >= 15 is 0 Å². The lowest BCUT2D eigenvalue weighted by molar-refractivity contribution is 0.278. The van der Waals surface area contributed by atoms with Gasteiger partial charge in [0.15, 0.2) is 5.82 Å². The van der Waals surface area contributed by atoms with Crippen molar-refractivity contribution in [2.45, 2.75) is 39.8 Å². The lowest BCUT2D eigenvalue weighted by atomic mass is 10.1. The van der Waals surface area contributed by atoms with E-state index in [4.69, 9.17) is 0 Å². The Balaban J connectivity index is 1.55. The summed E-state index contributed by atoms with van der Waals surface area (Å²) in [6.45, 7) is 7.62. The Morgan fingerprint density at radius 2 is 2.04 bits per heavy atom. The van der Waals surface area contributed by atoms with Crippen LogP contribution in [0.4, 0.5) is 0 Å². The zero-order valence-corrected chi connectivity index (χ0v) is 15.6. The monoisotopic (exact) mass is 365 g/mol. The fraction of sp³-hybridized carbons (Fsp3) is 0.421. The number of aromatic nitrogens is 6. The minimum Gasteiger partial charge on any atom is -0.305 e. The number of nitrogens with zero attached hydrogens (tertiary/aromatic N) is 6. The summed E-state index contributed by atoms with van der Waals surface area (Å²) in [5, 5.41) is 4.43. The molecule has 0 radical (unpaired) electrons. The quantitative estimate of drug-likeness (QED) is 0.750. The second kappa shape index (κ2) is 7.40. The van der Waals surface area contributed by atoms with Crippen LogP contribution in [-0.2, 0) is 25.9 Å². The van der Waals surface area contributed by atoms with Crippen molar-refractivity contribution in [1.82, 2.24) is 34.6 Å². The molecule has 4 heterocycles. The van der Waals surface area contributed by atoms with E-state index in [9.17, 15) is 4.79 Å². The minimum atomic E-state index is -0.0718. The molecule has 0 spiro atoms. The summed E-state index contributed by atoms with van der Waals surface area (Å²) in [5.74, 6) is 0.486. The predicted octanol–water partition coefficient (Wildman–Crippen LogP) is 1.35. The number of H-pyrrole nitrogens is 1. The van der Waals surface area contributed by atoms with E-state index in [1.165, 1.54) is 11.3 Å². The maximum atomic E-state index is 12.6. The van der Waals surface area contributed by atoms with Crippen LogP contribution in [0.5, 0.6) is 0 Å². The molecule has 0 amide bonds. The van der Waals surface area contributed by atoms with Crippen LogP contribution < -0.4 is 5.56 Å². The average Bonchev–Trinajstić information content (AvgIpc) is 2.91. The maximum Gasteiger partial charge on any atom is 0.254 e. The third-order valence-electron chi connectivity index (χ3n) is 5.15. The number of rotatable bonds is 4. The number of aryl methyl sites for hydroxylation is 1. The molecule has 1 aliphatic heterocycles. The first kappa shape index (κ1) is 17.5. The molecule has 0 saturated carbocycles. The first-order chi connectivity index (χ1) is 13.2. The summed E-state index contributed by atoms with van der Waals surface area (Å²) in [6, 6.07) is 0. The van der Waals surface area contributed by atoms with E-state index in [-0.39, 0.29) is 5.56 Å². The SMILES string of the molecule is CCn1ncc(CN2CCc3nc(-c4cnccn4)[nH]c(=O)c3CC2)c1C. The Morgan fingerprint density at radius 3 is 2.78 bits per heavy atom. The first-order valence-corrected chi connectivity index (χ1v) is 9.27. The summed E-state index contributed by atoms with van der Waals surface area (Å²) in [6.07, 6.45) is 8.20. The van der Waals surface area contributed by atoms with Gasteiger partial charge in [0.05, 0.1) is 18.1 Å². The van der Waals surface area contributed by atoms with Crippen LogP contribution in [0, 0.1) is 6.92 Å². The van der Waals surface area contributed by atoms with E-state index in [0.717, 1.165) is 43.9 Å². The van der Waals surface area contributed by atoms with Gasteiger partial charge in [0, 0.05) is 61.8 Å². The molecule has 4 rings (SSSR count). The molecule has 0 saturated heterocycles. The Kier molecular flexibility index (Phi) is 4.81. The van der Waals surface area contributed by atoms with Crippen molar-refractivity contribution in [2.75, 3.05) is 13.1 Å². The largest absolute Gasteiger partial charge is 0.305 e. The van der Waals surface area contributed by atoms with Crippen LogP contribution >= 0.6 is 0 Å². The van der Waals surface area contributed by atoms with Crippen LogP contribution in [0.2, 0.25) is 0 Å². The molecule has 3 aromatic rings. The van der Waals surface area contributed by atoms with Crippen molar-refractivity contribution in [2.24, 2.45) is 0 Å². The van der Waals surface area contributed by atoms with E-state index in [1.807, 2.05) is 10.9 Å². The zero-order valence-electron chi connectivity index (χ0n) is 15.6. The molecule has 0 unspecified atom stereocenters. The smallest absolute Gasteiger partial charge is 0.254 e. The number of nitrogens with one attached hydrogen (secondary N) is 1. The van der Waals surface area contributed by atoms with Crippen molar-refractivity contribution in [3.05, 3.63) is 57.7 Å². The van der Waals surface area contributed by atoms with Crippen LogP contribution in [0.1, 0.15) is 29.4 Å². The van der Waals surface area contributed by atoms with Crippen molar-refractivity contribution >= 4 is 0 Å². The fourth-order valence-electron chi connectivity index (χ4n) is 3.56. The number of hydrogen-bond donors (Lipinski definition) is 1. The Morgan fingerprint density at radius 1 is 1.19 bits per heavy atom. The van der Waals surface area contributed by atoms with Gasteiger partial charge >= 0.3 is 0 Å². The van der Waals surface area contributed by atoms with Gasteiger partial charge in [0.1, 0.15) is 5.69 Å². The molecule has 27 heavy (non-hydrogen) atoms. The normalized spacial score (nSPS) is 14.7. The van der Waals surface area contributed by atoms with Gasteiger partial charge in [-0.25, -0.2) is 9.97 Å². The van der Waals surface area contributed by atoms with Gasteiger partial charge in [-0.1, -0.05) is 0 Å². The molecular weight excluding hydrogens is 342 g/mol. The molecule has 3 aromatic heterocycles. The Hall–Kier alpha value is -2.87. The van der Waals surface area contributed by atoms with Crippen LogP contribution in [0.15, 0.2) is 29.6 Å². The molecule has 140 valence electrons. The fourth-order valence-corrected chi connectivity index (χ4v) is 3.56. The van der Waals surface area contributed by atoms with Gasteiger partial charge < -0.3 is 4.98 Å². The van der Waals surface area contributed by atoms with Crippen molar-refractivity contribution < 1.29 is 0 Å². The van der Waals surface area contributed by atoms with Crippen molar-refractivity contribution in [1.29, 1.82) is 0 Å². The highest BCUT2D eigenvalue weighted by Gasteiger charge is 2.20. The van der Waals surface area contributed by atoms with Gasteiger partial charge in [-0.05, 0) is 20.3 Å². The third-order valence-corrected chi connectivity index (χ3v) is 5.15. The molecule has 8 nitrogen and oxygen atoms in total. The summed E-state index contributed by atoms with van der Waals surface area (Å²) >= 11 is 0. The molecule has 0 fully saturated rings. The summed E-state index contributed by atoms with van der Waals surface area (Å²) in [7, 11) is 0. The molecule has 0 bridgehead atoms. The highest BCUT2D eigenvalue weighted by atomic mass is 16.1. The lowest BCUT2D eigenvalue weighted by Gasteiger charge is -2.19. The molecule has 1 aliphatic rings. The number of hydrogen-bond acceptors (Lipinski definition) is 6. The van der Waals surface area contributed by atoms with Gasteiger partial charge in [-0.2, -0.15) is 5.10 Å². The lowest BCUT2D eigenvalue weighted by Crippen LogP contribution is -2.26. The second-order valence-electron chi connectivity index (χ2n) is 6.78. The van der Waals surface area contributed by atoms with Gasteiger partial charge in [-0.3, -0.25) is 19.4 Å². The van der Waals surface area contributed by atoms with Crippen molar-refractivity contribution in [3.63, 3.8) is 0 Å². The highest BCUT2D eigenvalue weighted by Crippen LogP contribution is 2.17. The zero-order chi connectivity index (χ0) is 18.8. The topological polar surface area (TPSA) is 92.6 Å². The highest BCUT2D eigenvalue weighted by molar-refractivity contribution is 5.47. The maximum absolute atomic E-state index is 12.6. The Bertz CT molecular complexity index is 993. The standard InChI is InChI=1S/C19H23N7O/c1-3-26-13(2)14(10-22-26)12-25-8-4-15-16(5-9-25)23-18(24-19(15)27)17-11-20-6-7-21-17/h6-7,10-11H,3-5,8-9,12H2,1-2H3,(H,23,24,27). The van der Waals surface area contributed by atoms with Crippen molar-refractivity contribution in [3.8, 4) is 11.5 Å². The molecule has 0 aromatic carbocycles. The second-order valence-corrected chi connectivity index (χ2v) is 6.78. The summed E-state index contributed by atoms with van der Waals surface area (Å²) in [5.41, 5.74) is 4.61.